The van der Waals surface area contributed by atoms with E-state index in [2.05, 4.69) is 29.1 Å². The number of likely N-dealkylation sites (tertiary alicyclic amines) is 2. The number of piperidine rings is 1. The van der Waals surface area contributed by atoms with Crippen molar-refractivity contribution in [2.24, 2.45) is 11.3 Å². The Morgan fingerprint density at radius 3 is 2.62 bits per heavy atom. The van der Waals surface area contributed by atoms with Gasteiger partial charge in [-0.05, 0) is 65.2 Å². The molecule has 0 aromatic rings. The van der Waals surface area contributed by atoms with E-state index in [1.165, 1.54) is 0 Å². The van der Waals surface area contributed by atoms with E-state index in [9.17, 15) is 4.79 Å². The Hall–Kier alpha value is -0.650. The maximum absolute atomic E-state index is 12.4. The van der Waals surface area contributed by atoms with Gasteiger partial charge >= 0.3 is 0 Å². The summed E-state index contributed by atoms with van der Waals surface area (Å²) in [6.07, 6.45) is 4.15. The van der Waals surface area contributed by atoms with Crippen molar-refractivity contribution in [3.63, 3.8) is 0 Å². The van der Waals surface area contributed by atoms with Crippen LogP contribution in [0.25, 0.3) is 0 Å². The van der Waals surface area contributed by atoms with Crippen molar-refractivity contribution in [1.82, 2.24) is 15.1 Å². The molecule has 1 atom stereocenters. The number of hydrogen-bond donors (Lipinski definition) is 2. The molecule has 1 amide bonds. The molecule has 2 fully saturated rings. The molecule has 21 heavy (non-hydrogen) atoms. The molecule has 2 aliphatic heterocycles. The summed E-state index contributed by atoms with van der Waals surface area (Å²) in [6.45, 7) is 8.28. The molecule has 2 rings (SSSR count). The average Bonchev–Trinajstić information content (AvgIpc) is 2.84. The van der Waals surface area contributed by atoms with Gasteiger partial charge in [0.25, 0.3) is 0 Å². The lowest BCUT2D eigenvalue weighted by Gasteiger charge is -2.32. The summed E-state index contributed by atoms with van der Waals surface area (Å²) in [4.78, 5) is 17.0. The van der Waals surface area contributed by atoms with Crippen LogP contribution in [0.2, 0.25) is 0 Å². The number of aliphatic hydroxyl groups is 1. The van der Waals surface area contributed by atoms with Crippen LogP contribution in [-0.4, -0.2) is 73.7 Å². The zero-order valence-electron chi connectivity index (χ0n) is 13.6. The third-order valence-corrected chi connectivity index (χ3v) is 5.10. The van der Waals surface area contributed by atoms with Gasteiger partial charge in [-0.1, -0.05) is 0 Å². The maximum Gasteiger partial charge on any atom is 0.227 e. The van der Waals surface area contributed by atoms with E-state index in [0.717, 1.165) is 65.0 Å². The first-order valence-electron chi connectivity index (χ1n) is 8.33. The third kappa shape index (κ3) is 4.66. The summed E-state index contributed by atoms with van der Waals surface area (Å²) in [6, 6.07) is 0. The largest absolute Gasteiger partial charge is 0.396 e. The lowest BCUT2D eigenvalue weighted by molar-refractivity contribution is -0.129. The lowest BCUT2D eigenvalue weighted by atomic mass is 9.88. The molecule has 0 bridgehead atoms. The van der Waals surface area contributed by atoms with Gasteiger partial charge in [-0.25, -0.2) is 0 Å². The zero-order valence-corrected chi connectivity index (χ0v) is 13.6. The minimum absolute atomic E-state index is 0.198. The van der Waals surface area contributed by atoms with Crippen LogP contribution < -0.4 is 5.32 Å². The molecule has 1 unspecified atom stereocenters. The highest BCUT2D eigenvalue weighted by atomic mass is 16.3. The van der Waals surface area contributed by atoms with E-state index < -0.39 is 0 Å². The summed E-state index contributed by atoms with van der Waals surface area (Å²) in [7, 11) is 2.08. The Labute approximate surface area is 128 Å². The number of aliphatic hydroxyl groups excluding tert-OH is 1. The minimum Gasteiger partial charge on any atom is -0.396 e. The molecular weight excluding hydrogens is 266 g/mol. The number of rotatable bonds is 6. The molecule has 5 heteroatoms. The topological polar surface area (TPSA) is 55.8 Å². The van der Waals surface area contributed by atoms with Crippen molar-refractivity contribution in [3.8, 4) is 0 Å². The summed E-state index contributed by atoms with van der Waals surface area (Å²) < 4.78 is 0. The van der Waals surface area contributed by atoms with Crippen LogP contribution in [0.4, 0.5) is 0 Å². The van der Waals surface area contributed by atoms with Gasteiger partial charge in [-0.2, -0.15) is 0 Å². The zero-order chi connectivity index (χ0) is 15.3. The number of carbonyl (C=O) groups is 1. The van der Waals surface area contributed by atoms with Gasteiger partial charge in [-0.15, -0.1) is 0 Å². The number of amides is 1. The van der Waals surface area contributed by atoms with E-state index in [4.69, 9.17) is 5.11 Å². The van der Waals surface area contributed by atoms with E-state index >= 15 is 0 Å². The standard InChI is InChI=1S/C16H31N3O2/c1-16(6-10-18(2)13-16)15(21)17-12-14-4-8-19(9-5-14)7-3-11-20/h14,20H,3-13H2,1-2H3,(H,17,21). The van der Waals surface area contributed by atoms with E-state index in [-0.39, 0.29) is 17.9 Å². The Morgan fingerprint density at radius 2 is 2.05 bits per heavy atom. The average molecular weight is 297 g/mol. The monoisotopic (exact) mass is 297 g/mol. The van der Waals surface area contributed by atoms with Gasteiger partial charge in [0.1, 0.15) is 0 Å². The van der Waals surface area contributed by atoms with E-state index in [0.29, 0.717) is 5.92 Å². The molecule has 0 spiro atoms. The van der Waals surface area contributed by atoms with Gasteiger partial charge in [0.15, 0.2) is 0 Å². The second-order valence-electron chi connectivity index (χ2n) is 7.12. The molecule has 0 aromatic carbocycles. The predicted octanol–water partition coefficient (Wildman–Crippen LogP) is 0.539. The van der Waals surface area contributed by atoms with Crippen LogP contribution in [0, 0.1) is 11.3 Å². The summed E-state index contributed by atoms with van der Waals surface area (Å²) in [5.74, 6) is 0.844. The highest BCUT2D eigenvalue weighted by Gasteiger charge is 2.38. The number of nitrogens with zero attached hydrogens (tertiary/aromatic N) is 2. The molecule has 0 radical (unpaired) electrons. The first-order valence-corrected chi connectivity index (χ1v) is 8.33. The van der Waals surface area contributed by atoms with Crippen molar-refractivity contribution in [2.75, 3.05) is 52.9 Å². The van der Waals surface area contributed by atoms with Crippen molar-refractivity contribution in [1.29, 1.82) is 0 Å². The van der Waals surface area contributed by atoms with Crippen molar-refractivity contribution < 1.29 is 9.90 Å². The summed E-state index contributed by atoms with van der Waals surface area (Å²) in [5, 5.41) is 12.1. The summed E-state index contributed by atoms with van der Waals surface area (Å²) in [5.41, 5.74) is -0.198. The Morgan fingerprint density at radius 1 is 1.33 bits per heavy atom. The Kier molecular flexibility index (Phi) is 6.02. The van der Waals surface area contributed by atoms with Crippen molar-refractivity contribution >= 4 is 5.91 Å². The fraction of sp³-hybridized carbons (Fsp3) is 0.938. The molecule has 0 aliphatic carbocycles. The van der Waals surface area contributed by atoms with Crippen LogP contribution in [0.3, 0.4) is 0 Å². The second kappa shape index (κ2) is 7.56. The Balaban J connectivity index is 1.66. The molecule has 2 N–H and O–H groups in total. The first kappa shape index (κ1) is 16.7. The highest BCUT2D eigenvalue weighted by molar-refractivity contribution is 5.82. The molecule has 0 saturated carbocycles. The fourth-order valence-corrected chi connectivity index (χ4v) is 3.54. The quantitative estimate of drug-likeness (QED) is 0.751. The fourth-order valence-electron chi connectivity index (χ4n) is 3.54. The molecule has 2 aliphatic rings. The van der Waals surface area contributed by atoms with Gasteiger partial charge in [0.2, 0.25) is 5.91 Å². The normalized spacial score (nSPS) is 28.9. The van der Waals surface area contributed by atoms with Crippen molar-refractivity contribution in [2.45, 2.75) is 32.6 Å². The first-order chi connectivity index (χ1) is 10.0. The van der Waals surface area contributed by atoms with Gasteiger partial charge in [-0.3, -0.25) is 4.79 Å². The van der Waals surface area contributed by atoms with Gasteiger partial charge < -0.3 is 20.2 Å². The van der Waals surface area contributed by atoms with Crippen molar-refractivity contribution in [3.05, 3.63) is 0 Å². The van der Waals surface area contributed by atoms with Gasteiger partial charge in [0, 0.05) is 26.2 Å². The second-order valence-corrected chi connectivity index (χ2v) is 7.12. The third-order valence-electron chi connectivity index (χ3n) is 5.10. The molecule has 122 valence electrons. The highest BCUT2D eigenvalue weighted by Crippen LogP contribution is 2.29. The van der Waals surface area contributed by atoms with Crippen LogP contribution in [0.5, 0.6) is 0 Å². The van der Waals surface area contributed by atoms with Crippen LogP contribution >= 0.6 is 0 Å². The van der Waals surface area contributed by atoms with E-state index in [1.54, 1.807) is 0 Å². The van der Waals surface area contributed by atoms with Gasteiger partial charge in [0.05, 0.1) is 5.41 Å². The van der Waals surface area contributed by atoms with Crippen LogP contribution in [0.1, 0.15) is 32.6 Å². The summed E-state index contributed by atoms with van der Waals surface area (Å²) >= 11 is 0. The van der Waals surface area contributed by atoms with E-state index in [1.807, 2.05) is 0 Å². The molecule has 2 saturated heterocycles. The SMILES string of the molecule is CN1CCC(C)(C(=O)NCC2CCN(CCCO)CC2)C1. The molecular formula is C16H31N3O2. The minimum atomic E-state index is -0.198. The maximum atomic E-state index is 12.4. The van der Waals surface area contributed by atoms with Crippen LogP contribution in [-0.2, 0) is 4.79 Å². The molecule has 0 aromatic heterocycles. The smallest absolute Gasteiger partial charge is 0.227 e. The molecule has 2 heterocycles. The Bertz CT molecular complexity index is 342. The number of hydrogen-bond acceptors (Lipinski definition) is 4. The predicted molar refractivity (Wildman–Crippen MR) is 84.1 cm³/mol. The lowest BCUT2D eigenvalue weighted by Crippen LogP contribution is -2.44. The number of carbonyl (C=O) groups excluding carboxylic acids is 1. The number of nitrogens with one attached hydrogen (secondary N) is 1. The van der Waals surface area contributed by atoms with Crippen LogP contribution in [0.15, 0.2) is 0 Å². The molecule has 5 nitrogen and oxygen atoms in total.